The van der Waals surface area contributed by atoms with Crippen LogP contribution < -0.4 is 5.32 Å². The highest BCUT2D eigenvalue weighted by molar-refractivity contribution is 5.76. The van der Waals surface area contributed by atoms with Gasteiger partial charge in [0.05, 0.1) is 18.8 Å². The number of hydrogen-bond acceptors (Lipinski definition) is 3. The van der Waals surface area contributed by atoms with Crippen LogP contribution in [0.1, 0.15) is 226 Å². The molecule has 2 unspecified atom stereocenters. The summed E-state index contributed by atoms with van der Waals surface area (Å²) in [4.78, 5) is 12.3. The number of unbranched alkanes of at least 4 members (excludes halogenated alkanes) is 28. The van der Waals surface area contributed by atoms with E-state index >= 15 is 0 Å². The van der Waals surface area contributed by atoms with E-state index in [1.165, 1.54) is 161 Å². The van der Waals surface area contributed by atoms with Gasteiger partial charge in [-0.05, 0) is 57.8 Å². The van der Waals surface area contributed by atoms with Crippen LogP contribution in [-0.4, -0.2) is 34.9 Å². The third-order valence-corrected chi connectivity index (χ3v) is 9.85. The SMILES string of the molecule is CCCCCC/C=C\CCCCCCCC(=O)NC(CO)C(O)/C=C/CC/C=C/CCCCCCCCCCCCCCCCCCCC. The third-order valence-electron chi connectivity index (χ3n) is 9.85. The van der Waals surface area contributed by atoms with E-state index < -0.39 is 12.1 Å². The normalized spacial score (nSPS) is 13.3. The van der Waals surface area contributed by atoms with Crippen molar-refractivity contribution in [2.45, 2.75) is 238 Å². The van der Waals surface area contributed by atoms with Gasteiger partial charge in [-0.1, -0.05) is 198 Å². The highest BCUT2D eigenvalue weighted by Crippen LogP contribution is 2.15. The van der Waals surface area contributed by atoms with Crippen molar-refractivity contribution in [3.8, 4) is 0 Å². The fourth-order valence-electron chi connectivity index (χ4n) is 6.48. The Balaban J connectivity index is 3.59. The summed E-state index contributed by atoms with van der Waals surface area (Å²) in [5.74, 6) is -0.0833. The van der Waals surface area contributed by atoms with Gasteiger partial charge in [0.2, 0.25) is 5.91 Å². The Morgan fingerprint density at radius 1 is 0.469 bits per heavy atom. The van der Waals surface area contributed by atoms with E-state index in [-0.39, 0.29) is 12.5 Å². The lowest BCUT2D eigenvalue weighted by Crippen LogP contribution is -2.45. The van der Waals surface area contributed by atoms with Gasteiger partial charge >= 0.3 is 0 Å². The quantitative estimate of drug-likeness (QED) is 0.0445. The van der Waals surface area contributed by atoms with E-state index in [0.29, 0.717) is 6.42 Å². The molecule has 0 bridgehead atoms. The molecule has 0 saturated carbocycles. The van der Waals surface area contributed by atoms with Crippen LogP contribution in [-0.2, 0) is 4.79 Å². The molecule has 0 fully saturated rings. The van der Waals surface area contributed by atoms with Crippen LogP contribution in [0.3, 0.4) is 0 Å². The van der Waals surface area contributed by atoms with Crippen molar-refractivity contribution in [3.05, 3.63) is 36.5 Å². The average molecular weight is 688 g/mol. The number of carbonyl (C=O) groups excluding carboxylic acids is 1. The van der Waals surface area contributed by atoms with Crippen LogP contribution in [0, 0.1) is 0 Å². The van der Waals surface area contributed by atoms with Crippen LogP contribution in [0.2, 0.25) is 0 Å². The van der Waals surface area contributed by atoms with Gasteiger partial charge in [-0.15, -0.1) is 0 Å². The Hall–Kier alpha value is -1.39. The first-order valence-electron chi connectivity index (χ1n) is 21.7. The molecule has 0 aliphatic heterocycles. The second-order valence-electron chi connectivity index (χ2n) is 14.8. The molecule has 0 rings (SSSR count). The lowest BCUT2D eigenvalue weighted by atomic mass is 10.0. The topological polar surface area (TPSA) is 69.6 Å². The molecule has 49 heavy (non-hydrogen) atoms. The van der Waals surface area contributed by atoms with Crippen molar-refractivity contribution in [2.24, 2.45) is 0 Å². The van der Waals surface area contributed by atoms with Crippen molar-refractivity contribution in [3.63, 3.8) is 0 Å². The molecule has 0 aromatic heterocycles. The third kappa shape index (κ3) is 37.7. The summed E-state index contributed by atoms with van der Waals surface area (Å²) in [6, 6.07) is -0.641. The standard InChI is InChI=1S/C45H85NO3/c1-3-5-7-9-11-13-15-17-18-19-20-21-22-23-24-25-26-27-29-30-32-34-36-38-40-44(48)43(42-47)46-45(49)41-39-37-35-33-31-28-16-14-12-10-8-6-4-2/h14,16,30,32,38,40,43-44,47-48H,3-13,15,17-29,31,33-37,39,41-42H2,1-2H3,(H,46,49)/b16-14-,32-30+,40-38+. The van der Waals surface area contributed by atoms with Gasteiger partial charge in [0.25, 0.3) is 0 Å². The Morgan fingerprint density at radius 2 is 0.796 bits per heavy atom. The molecule has 0 spiro atoms. The molecule has 288 valence electrons. The number of rotatable bonds is 39. The van der Waals surface area contributed by atoms with E-state index in [0.717, 1.165) is 44.9 Å². The van der Waals surface area contributed by atoms with Crippen molar-refractivity contribution < 1.29 is 15.0 Å². The Morgan fingerprint density at radius 3 is 1.20 bits per heavy atom. The molecule has 3 N–H and O–H groups in total. The summed E-state index contributed by atoms with van der Waals surface area (Å²) in [7, 11) is 0. The molecule has 2 atom stereocenters. The maximum Gasteiger partial charge on any atom is 0.220 e. The number of aliphatic hydroxyl groups excluding tert-OH is 2. The second-order valence-corrected chi connectivity index (χ2v) is 14.8. The van der Waals surface area contributed by atoms with E-state index in [2.05, 4.69) is 43.5 Å². The van der Waals surface area contributed by atoms with Gasteiger partial charge in [0.1, 0.15) is 0 Å². The van der Waals surface area contributed by atoms with E-state index in [1.807, 2.05) is 6.08 Å². The van der Waals surface area contributed by atoms with E-state index in [1.54, 1.807) is 6.08 Å². The molecule has 0 aromatic rings. The molecule has 0 saturated heterocycles. The van der Waals surface area contributed by atoms with Crippen LogP contribution in [0.4, 0.5) is 0 Å². The summed E-state index contributed by atoms with van der Waals surface area (Å²) >= 11 is 0. The van der Waals surface area contributed by atoms with Crippen molar-refractivity contribution >= 4 is 5.91 Å². The minimum atomic E-state index is -0.864. The zero-order chi connectivity index (χ0) is 35.7. The number of amides is 1. The summed E-state index contributed by atoms with van der Waals surface area (Å²) in [5, 5.41) is 22.9. The first-order valence-corrected chi connectivity index (χ1v) is 21.7. The molecule has 0 radical (unpaired) electrons. The van der Waals surface area contributed by atoms with Crippen LogP contribution in [0.15, 0.2) is 36.5 Å². The van der Waals surface area contributed by atoms with Gasteiger partial charge in [0, 0.05) is 6.42 Å². The highest BCUT2D eigenvalue weighted by Gasteiger charge is 2.17. The predicted molar refractivity (Wildman–Crippen MR) is 216 cm³/mol. The summed E-state index contributed by atoms with van der Waals surface area (Å²) in [6.45, 7) is 4.28. The van der Waals surface area contributed by atoms with Crippen LogP contribution in [0.5, 0.6) is 0 Å². The van der Waals surface area contributed by atoms with Crippen molar-refractivity contribution in [1.82, 2.24) is 5.32 Å². The Bertz CT molecular complexity index is 746. The molecule has 4 heteroatoms. The van der Waals surface area contributed by atoms with E-state index in [4.69, 9.17) is 0 Å². The largest absolute Gasteiger partial charge is 0.394 e. The van der Waals surface area contributed by atoms with Gasteiger partial charge < -0.3 is 15.5 Å². The van der Waals surface area contributed by atoms with Crippen LogP contribution in [0.25, 0.3) is 0 Å². The van der Waals surface area contributed by atoms with Gasteiger partial charge in [0.15, 0.2) is 0 Å². The molecule has 0 heterocycles. The van der Waals surface area contributed by atoms with E-state index in [9.17, 15) is 15.0 Å². The average Bonchev–Trinajstić information content (AvgIpc) is 3.10. The number of hydrogen-bond donors (Lipinski definition) is 3. The first kappa shape index (κ1) is 47.6. The Kier molecular flexibility index (Phi) is 39.9. The minimum absolute atomic E-state index is 0.0833. The molecule has 0 aromatic carbocycles. The van der Waals surface area contributed by atoms with Crippen molar-refractivity contribution in [2.75, 3.05) is 6.61 Å². The maximum atomic E-state index is 12.3. The minimum Gasteiger partial charge on any atom is -0.394 e. The molecular formula is C45H85NO3. The summed E-state index contributed by atoms with van der Waals surface area (Å²) in [5.41, 5.74) is 0. The summed E-state index contributed by atoms with van der Waals surface area (Å²) in [6.07, 6.45) is 54.0. The zero-order valence-electron chi connectivity index (χ0n) is 33.0. The van der Waals surface area contributed by atoms with Gasteiger partial charge in [-0.25, -0.2) is 0 Å². The molecule has 1 amide bonds. The van der Waals surface area contributed by atoms with Gasteiger partial charge in [-0.3, -0.25) is 4.79 Å². The molecule has 0 aliphatic rings. The highest BCUT2D eigenvalue weighted by atomic mass is 16.3. The van der Waals surface area contributed by atoms with Gasteiger partial charge in [-0.2, -0.15) is 0 Å². The smallest absolute Gasteiger partial charge is 0.220 e. The monoisotopic (exact) mass is 688 g/mol. The second kappa shape index (κ2) is 41.0. The zero-order valence-corrected chi connectivity index (χ0v) is 33.0. The fourth-order valence-corrected chi connectivity index (χ4v) is 6.48. The lowest BCUT2D eigenvalue weighted by Gasteiger charge is -2.19. The van der Waals surface area contributed by atoms with Crippen LogP contribution >= 0.6 is 0 Å². The fraction of sp³-hybridized carbons (Fsp3) is 0.844. The summed E-state index contributed by atoms with van der Waals surface area (Å²) < 4.78 is 0. The number of carbonyl (C=O) groups is 1. The maximum absolute atomic E-state index is 12.3. The van der Waals surface area contributed by atoms with Crippen molar-refractivity contribution in [1.29, 1.82) is 0 Å². The lowest BCUT2D eigenvalue weighted by molar-refractivity contribution is -0.123. The number of aliphatic hydroxyl groups is 2. The molecule has 0 aliphatic carbocycles. The number of nitrogens with one attached hydrogen (secondary N) is 1. The predicted octanol–water partition coefficient (Wildman–Crippen LogP) is 13.4. The molecular weight excluding hydrogens is 602 g/mol. The first-order chi connectivity index (χ1) is 24.2. The Labute approximate surface area is 306 Å². The molecule has 4 nitrogen and oxygen atoms in total. The number of allylic oxidation sites excluding steroid dienone is 5.